The van der Waals surface area contributed by atoms with Gasteiger partial charge in [0, 0.05) is 27.9 Å². The topological polar surface area (TPSA) is 103 Å². The van der Waals surface area contributed by atoms with Crippen molar-refractivity contribution in [2.45, 2.75) is 20.8 Å². The van der Waals surface area contributed by atoms with Crippen molar-refractivity contribution in [3.63, 3.8) is 0 Å². The Morgan fingerprint density at radius 3 is 2.71 bits per heavy atom. The molecule has 0 aliphatic carbocycles. The molecular formula is C22H17ClN6OS. The lowest BCUT2D eigenvalue weighted by Gasteiger charge is -2.07. The monoisotopic (exact) mass is 448 g/mol. The molecule has 0 aromatic carbocycles. The summed E-state index contributed by atoms with van der Waals surface area (Å²) in [6, 6.07) is 8.01. The van der Waals surface area contributed by atoms with Crippen molar-refractivity contribution in [3.05, 3.63) is 56.6 Å². The quantitative estimate of drug-likeness (QED) is 0.425. The first kappa shape index (κ1) is 20.7. The Kier molecular flexibility index (Phi) is 5.28. The van der Waals surface area contributed by atoms with Gasteiger partial charge < -0.3 is 14.3 Å². The number of H-pyrrole nitrogens is 1. The van der Waals surface area contributed by atoms with E-state index in [1.165, 1.54) is 18.4 Å². The molecule has 4 rings (SSSR count). The van der Waals surface area contributed by atoms with Crippen molar-refractivity contribution < 1.29 is 4.74 Å². The average molecular weight is 449 g/mol. The van der Waals surface area contributed by atoms with Crippen molar-refractivity contribution >= 4 is 45.6 Å². The van der Waals surface area contributed by atoms with Gasteiger partial charge in [-0.05, 0) is 32.9 Å². The van der Waals surface area contributed by atoms with Crippen LogP contribution in [0.25, 0.3) is 27.7 Å². The number of pyridine rings is 1. The van der Waals surface area contributed by atoms with Crippen LogP contribution in [-0.2, 0) is 0 Å². The van der Waals surface area contributed by atoms with E-state index in [0.717, 1.165) is 21.3 Å². The van der Waals surface area contributed by atoms with Crippen molar-refractivity contribution in [1.29, 1.82) is 10.5 Å². The molecule has 4 heterocycles. The molecule has 0 aliphatic heterocycles. The molecule has 154 valence electrons. The summed E-state index contributed by atoms with van der Waals surface area (Å²) in [5.41, 5.74) is 4.62. The fraction of sp³-hybridized carbons (Fsp3) is 0.182. The highest BCUT2D eigenvalue weighted by Gasteiger charge is 2.21. The zero-order chi connectivity index (χ0) is 22.3. The molecule has 4 aromatic rings. The minimum atomic E-state index is 0.334. The summed E-state index contributed by atoms with van der Waals surface area (Å²) in [5.74, 6) is 0.859. The Morgan fingerprint density at radius 1 is 1.26 bits per heavy atom. The van der Waals surface area contributed by atoms with Crippen LogP contribution in [0, 0.1) is 43.4 Å². The van der Waals surface area contributed by atoms with Crippen molar-refractivity contribution in [1.82, 2.24) is 19.5 Å². The lowest BCUT2D eigenvalue weighted by molar-refractivity contribution is 0.398. The van der Waals surface area contributed by atoms with Crippen LogP contribution >= 0.6 is 22.9 Å². The molecule has 0 fully saturated rings. The molecule has 0 unspecified atom stereocenters. The molecule has 0 saturated carbocycles. The minimum absolute atomic E-state index is 0.334. The first-order valence-corrected chi connectivity index (χ1v) is 10.5. The fourth-order valence-corrected chi connectivity index (χ4v) is 4.81. The summed E-state index contributed by atoms with van der Waals surface area (Å²) in [5, 5.41) is 20.7. The maximum Gasteiger partial charge on any atom is 0.215 e. The maximum atomic E-state index is 9.82. The molecule has 7 nitrogen and oxygen atoms in total. The van der Waals surface area contributed by atoms with Crippen molar-refractivity contribution in [2.24, 2.45) is 0 Å². The predicted octanol–water partition coefficient (Wildman–Crippen LogP) is 5.33. The lowest BCUT2D eigenvalue weighted by Crippen LogP contribution is -1.98. The second-order valence-electron chi connectivity index (χ2n) is 6.92. The van der Waals surface area contributed by atoms with E-state index in [0.29, 0.717) is 44.5 Å². The van der Waals surface area contributed by atoms with E-state index in [1.54, 1.807) is 18.3 Å². The van der Waals surface area contributed by atoms with E-state index >= 15 is 0 Å². The minimum Gasteiger partial charge on any atom is -0.481 e. The number of imidazole rings is 1. The Hall–Kier alpha value is -3.59. The van der Waals surface area contributed by atoms with Crippen LogP contribution in [0.2, 0.25) is 5.02 Å². The van der Waals surface area contributed by atoms with E-state index in [1.807, 2.05) is 31.4 Å². The predicted molar refractivity (Wildman–Crippen MR) is 122 cm³/mol. The molecule has 0 aliphatic rings. The number of halogens is 1. The summed E-state index contributed by atoms with van der Waals surface area (Å²) in [6.45, 7) is 5.78. The second kappa shape index (κ2) is 7.92. The zero-order valence-electron chi connectivity index (χ0n) is 17.2. The van der Waals surface area contributed by atoms with Gasteiger partial charge in [0.1, 0.15) is 23.0 Å². The molecule has 0 spiro atoms. The van der Waals surface area contributed by atoms with Crippen LogP contribution in [-0.4, -0.2) is 26.6 Å². The summed E-state index contributed by atoms with van der Waals surface area (Å²) < 4.78 is 7.10. The zero-order valence-corrected chi connectivity index (χ0v) is 18.8. The van der Waals surface area contributed by atoms with Gasteiger partial charge >= 0.3 is 0 Å². The van der Waals surface area contributed by atoms with Gasteiger partial charge in [-0.25, -0.2) is 9.97 Å². The molecule has 0 radical (unpaired) electrons. The largest absolute Gasteiger partial charge is 0.481 e. The van der Waals surface area contributed by atoms with E-state index in [4.69, 9.17) is 16.3 Å². The van der Waals surface area contributed by atoms with Gasteiger partial charge in [0.05, 0.1) is 40.5 Å². The van der Waals surface area contributed by atoms with Gasteiger partial charge in [-0.3, -0.25) is 0 Å². The second-order valence-corrected chi connectivity index (χ2v) is 8.53. The number of hydrogen-bond acceptors (Lipinski definition) is 6. The number of aryl methyl sites for hydroxylation is 1. The Labute approximate surface area is 187 Å². The number of aromatic nitrogens is 4. The molecular weight excluding hydrogens is 432 g/mol. The van der Waals surface area contributed by atoms with Gasteiger partial charge in [0.2, 0.25) is 5.88 Å². The van der Waals surface area contributed by atoms with Crippen molar-refractivity contribution in [2.75, 3.05) is 7.11 Å². The highest BCUT2D eigenvalue weighted by atomic mass is 35.5. The molecule has 31 heavy (non-hydrogen) atoms. The van der Waals surface area contributed by atoms with Crippen LogP contribution in [0.15, 0.2) is 18.3 Å². The number of ether oxygens (including phenoxy) is 1. The van der Waals surface area contributed by atoms with Gasteiger partial charge in [-0.15, -0.1) is 11.3 Å². The smallest absolute Gasteiger partial charge is 0.215 e. The normalized spacial score (nSPS) is 11.5. The summed E-state index contributed by atoms with van der Waals surface area (Å²) in [6.07, 6.45) is 3.33. The lowest BCUT2D eigenvalue weighted by atomic mass is 10.1. The van der Waals surface area contributed by atoms with Crippen LogP contribution in [0.4, 0.5) is 0 Å². The number of rotatable bonds is 4. The average Bonchev–Trinajstić information content (AvgIpc) is 3.41. The molecule has 0 bridgehead atoms. The van der Waals surface area contributed by atoms with Crippen LogP contribution in [0.5, 0.6) is 5.88 Å². The summed E-state index contributed by atoms with van der Waals surface area (Å²) in [4.78, 5) is 12.8. The van der Waals surface area contributed by atoms with E-state index in [-0.39, 0.29) is 0 Å². The number of nitrogens with zero attached hydrogens (tertiary/aromatic N) is 5. The highest BCUT2D eigenvalue weighted by Crippen LogP contribution is 2.36. The Balaban J connectivity index is 1.86. The SMILES string of the molecule is COc1cc2nc(/C(C#N)=C/c3c(Cl)c(C)n(-c4sc(C)cc4C#N)c3C)[nH]c2cn1. The number of methoxy groups -OCH3 is 1. The van der Waals surface area contributed by atoms with Gasteiger partial charge in [0.25, 0.3) is 0 Å². The standard InChI is InChI=1S/C22H17ClN6OS/c1-11-5-15(9-25)22(31-11)29-12(2)16(20(23)13(29)3)6-14(8-24)21-27-17-7-19(30-4)26-10-18(17)28-21/h5-7,10H,1-4H3,(H,27,28)/b14-6+. The summed E-state index contributed by atoms with van der Waals surface area (Å²) in [7, 11) is 1.53. The number of allylic oxidation sites excluding steroid dienone is 1. The number of aromatic amines is 1. The molecule has 4 aromatic heterocycles. The van der Waals surface area contributed by atoms with Gasteiger partial charge in [-0.2, -0.15) is 10.5 Å². The molecule has 0 amide bonds. The molecule has 9 heteroatoms. The molecule has 0 atom stereocenters. The number of hydrogen-bond donors (Lipinski definition) is 1. The Morgan fingerprint density at radius 2 is 2.03 bits per heavy atom. The molecule has 0 saturated heterocycles. The third kappa shape index (κ3) is 3.46. The van der Waals surface area contributed by atoms with Gasteiger partial charge in [-0.1, -0.05) is 11.6 Å². The van der Waals surface area contributed by atoms with Gasteiger partial charge in [0.15, 0.2) is 0 Å². The third-order valence-corrected chi connectivity index (χ3v) is 6.50. The first-order valence-electron chi connectivity index (χ1n) is 9.28. The molecule has 1 N–H and O–H groups in total. The van der Waals surface area contributed by atoms with E-state index in [9.17, 15) is 10.5 Å². The van der Waals surface area contributed by atoms with Crippen LogP contribution in [0.3, 0.4) is 0 Å². The van der Waals surface area contributed by atoms with E-state index < -0.39 is 0 Å². The van der Waals surface area contributed by atoms with E-state index in [2.05, 4.69) is 27.1 Å². The number of nitrogens with one attached hydrogen (secondary N) is 1. The highest BCUT2D eigenvalue weighted by molar-refractivity contribution is 7.14. The third-order valence-electron chi connectivity index (χ3n) is 4.99. The number of nitriles is 2. The number of fused-ring (bicyclic) bond motifs is 1. The first-order chi connectivity index (χ1) is 14.9. The van der Waals surface area contributed by atoms with Crippen molar-refractivity contribution in [3.8, 4) is 23.0 Å². The van der Waals surface area contributed by atoms with Crippen LogP contribution in [0.1, 0.15) is 33.2 Å². The maximum absolute atomic E-state index is 9.82. The number of thiophene rings is 1. The Bertz CT molecular complexity index is 1440. The van der Waals surface area contributed by atoms with Crippen LogP contribution < -0.4 is 4.74 Å². The fourth-order valence-electron chi connectivity index (χ4n) is 3.47. The summed E-state index contributed by atoms with van der Waals surface area (Å²) >= 11 is 8.20.